The predicted molar refractivity (Wildman–Crippen MR) is 145 cm³/mol. The lowest BCUT2D eigenvalue weighted by Gasteiger charge is -2.32. The zero-order valence-corrected chi connectivity index (χ0v) is 22.0. The fraction of sp³-hybridized carbons (Fsp3) is 0.333. The smallest absolute Gasteiger partial charge is 0.243 e. The molecule has 0 heterocycles. The number of benzene rings is 3. The van der Waals surface area contributed by atoms with Gasteiger partial charge >= 0.3 is 0 Å². The van der Waals surface area contributed by atoms with Crippen LogP contribution >= 0.6 is 11.6 Å². The Labute approximate surface area is 219 Å². The SMILES string of the molecule is Cc1ccccc1CN(C(=O)CCCOc1ccc(Cl)cc1)[C@H](Cc1ccccc1)C(=O)NC(C)C. The molecular formula is C30H35ClN2O3. The van der Waals surface area contributed by atoms with Crippen LogP contribution in [0.5, 0.6) is 5.75 Å². The van der Waals surface area contributed by atoms with E-state index in [-0.39, 0.29) is 24.3 Å². The van der Waals surface area contributed by atoms with Gasteiger partial charge in [-0.1, -0.05) is 66.2 Å². The van der Waals surface area contributed by atoms with Crippen molar-refractivity contribution in [2.75, 3.05) is 6.61 Å². The van der Waals surface area contributed by atoms with E-state index in [2.05, 4.69) is 5.32 Å². The summed E-state index contributed by atoms with van der Waals surface area (Å²) in [4.78, 5) is 28.7. The third kappa shape index (κ3) is 8.42. The Morgan fingerprint density at radius 1 is 0.944 bits per heavy atom. The molecule has 0 spiro atoms. The van der Waals surface area contributed by atoms with Gasteiger partial charge in [-0.15, -0.1) is 0 Å². The van der Waals surface area contributed by atoms with Crippen LogP contribution in [0, 0.1) is 6.92 Å². The fourth-order valence-electron chi connectivity index (χ4n) is 3.99. The summed E-state index contributed by atoms with van der Waals surface area (Å²) in [6, 6.07) is 24.3. The second kappa shape index (κ2) is 13.7. The largest absolute Gasteiger partial charge is 0.494 e. The molecule has 0 saturated heterocycles. The molecule has 0 aliphatic heterocycles. The van der Waals surface area contributed by atoms with Gasteiger partial charge < -0.3 is 15.0 Å². The highest BCUT2D eigenvalue weighted by Crippen LogP contribution is 2.19. The Hall–Kier alpha value is -3.31. The van der Waals surface area contributed by atoms with Crippen LogP contribution in [0.1, 0.15) is 43.4 Å². The van der Waals surface area contributed by atoms with E-state index in [4.69, 9.17) is 16.3 Å². The zero-order valence-electron chi connectivity index (χ0n) is 21.2. The number of aryl methyl sites for hydroxylation is 1. The topological polar surface area (TPSA) is 58.6 Å². The number of amides is 2. The molecule has 0 aliphatic carbocycles. The molecule has 0 bridgehead atoms. The number of nitrogens with zero attached hydrogens (tertiary/aromatic N) is 1. The fourth-order valence-corrected chi connectivity index (χ4v) is 4.12. The molecule has 190 valence electrons. The Morgan fingerprint density at radius 3 is 2.28 bits per heavy atom. The van der Waals surface area contributed by atoms with Gasteiger partial charge in [0.25, 0.3) is 0 Å². The lowest BCUT2D eigenvalue weighted by molar-refractivity contribution is -0.141. The molecule has 0 aromatic heterocycles. The van der Waals surface area contributed by atoms with Gasteiger partial charge in [-0.3, -0.25) is 9.59 Å². The van der Waals surface area contributed by atoms with Crippen LogP contribution < -0.4 is 10.1 Å². The van der Waals surface area contributed by atoms with Gasteiger partial charge in [0, 0.05) is 30.5 Å². The van der Waals surface area contributed by atoms with E-state index in [1.54, 1.807) is 29.2 Å². The van der Waals surface area contributed by atoms with Gasteiger partial charge in [-0.05, 0) is 68.1 Å². The molecule has 0 radical (unpaired) electrons. The minimum absolute atomic E-state index is 0.0287. The zero-order chi connectivity index (χ0) is 25.9. The molecule has 1 atom stereocenters. The maximum absolute atomic E-state index is 13.6. The normalized spacial score (nSPS) is 11.7. The number of rotatable bonds is 12. The van der Waals surface area contributed by atoms with Crippen molar-refractivity contribution in [1.29, 1.82) is 0 Å². The Morgan fingerprint density at radius 2 is 1.61 bits per heavy atom. The first-order valence-corrected chi connectivity index (χ1v) is 12.8. The molecule has 1 N–H and O–H groups in total. The first-order valence-electron chi connectivity index (χ1n) is 12.4. The van der Waals surface area contributed by atoms with Gasteiger partial charge in [0.2, 0.25) is 11.8 Å². The van der Waals surface area contributed by atoms with E-state index in [0.717, 1.165) is 16.7 Å². The summed E-state index contributed by atoms with van der Waals surface area (Å²) in [6.45, 7) is 6.65. The molecular weight excluding hydrogens is 472 g/mol. The third-order valence-corrected chi connectivity index (χ3v) is 6.17. The molecule has 0 fully saturated rings. The van der Waals surface area contributed by atoms with Crippen molar-refractivity contribution in [3.63, 3.8) is 0 Å². The first-order chi connectivity index (χ1) is 17.3. The summed E-state index contributed by atoms with van der Waals surface area (Å²) >= 11 is 5.93. The van der Waals surface area contributed by atoms with Crippen LogP contribution in [0.3, 0.4) is 0 Å². The van der Waals surface area contributed by atoms with Crippen molar-refractivity contribution < 1.29 is 14.3 Å². The minimum atomic E-state index is -0.626. The number of hydrogen-bond acceptors (Lipinski definition) is 3. The van der Waals surface area contributed by atoms with Crippen molar-refractivity contribution in [3.8, 4) is 5.75 Å². The van der Waals surface area contributed by atoms with Crippen LogP contribution in [0.2, 0.25) is 5.02 Å². The van der Waals surface area contributed by atoms with Crippen molar-refractivity contribution in [2.45, 2.75) is 58.7 Å². The Balaban J connectivity index is 1.79. The minimum Gasteiger partial charge on any atom is -0.494 e. The monoisotopic (exact) mass is 506 g/mol. The van der Waals surface area contributed by atoms with Crippen molar-refractivity contribution in [2.24, 2.45) is 0 Å². The summed E-state index contributed by atoms with van der Waals surface area (Å²) in [7, 11) is 0. The van der Waals surface area contributed by atoms with Crippen molar-refractivity contribution in [3.05, 3.63) is 101 Å². The molecule has 0 aliphatic rings. The Bertz CT molecular complexity index is 1120. The third-order valence-electron chi connectivity index (χ3n) is 5.92. The van der Waals surface area contributed by atoms with Gasteiger partial charge in [0.15, 0.2) is 0 Å². The maximum Gasteiger partial charge on any atom is 0.243 e. The van der Waals surface area contributed by atoms with Gasteiger partial charge in [-0.2, -0.15) is 0 Å². The second-order valence-electron chi connectivity index (χ2n) is 9.22. The molecule has 3 aromatic carbocycles. The number of carbonyl (C=O) groups excluding carboxylic acids is 2. The van der Waals surface area contributed by atoms with Crippen molar-refractivity contribution >= 4 is 23.4 Å². The standard InChI is InChI=1S/C30H35ClN2O3/c1-22(2)32-30(35)28(20-24-11-5-4-6-12-24)33(21-25-13-8-7-10-23(25)3)29(34)14-9-19-36-27-17-15-26(31)16-18-27/h4-8,10-13,15-18,22,28H,9,14,19-21H2,1-3H3,(H,32,35)/t28-/m1/s1. The van der Waals surface area contributed by atoms with Crippen LogP contribution in [0.15, 0.2) is 78.9 Å². The van der Waals surface area contributed by atoms with E-state index in [9.17, 15) is 9.59 Å². The molecule has 36 heavy (non-hydrogen) atoms. The van der Waals surface area contributed by atoms with Crippen LogP contribution in [0.4, 0.5) is 0 Å². The molecule has 0 saturated carbocycles. The average molecular weight is 507 g/mol. The first kappa shape index (κ1) is 27.3. The second-order valence-corrected chi connectivity index (χ2v) is 9.66. The number of ether oxygens (including phenoxy) is 1. The van der Waals surface area contributed by atoms with Gasteiger partial charge in [0.1, 0.15) is 11.8 Å². The quantitative estimate of drug-likeness (QED) is 0.308. The van der Waals surface area contributed by atoms with Crippen molar-refractivity contribution in [1.82, 2.24) is 10.2 Å². The molecule has 3 aromatic rings. The average Bonchev–Trinajstić information content (AvgIpc) is 2.86. The van der Waals surface area contributed by atoms with E-state index in [1.165, 1.54) is 0 Å². The van der Waals surface area contributed by atoms with E-state index >= 15 is 0 Å². The van der Waals surface area contributed by atoms with Crippen LogP contribution in [0.25, 0.3) is 0 Å². The Kier molecular flexibility index (Phi) is 10.4. The highest BCUT2D eigenvalue weighted by molar-refractivity contribution is 6.30. The lowest BCUT2D eigenvalue weighted by atomic mass is 10.0. The number of nitrogens with one attached hydrogen (secondary N) is 1. The molecule has 0 unspecified atom stereocenters. The summed E-state index contributed by atoms with van der Waals surface area (Å²) in [5.41, 5.74) is 3.12. The summed E-state index contributed by atoms with van der Waals surface area (Å²) < 4.78 is 5.78. The summed E-state index contributed by atoms with van der Waals surface area (Å²) in [5, 5.41) is 3.67. The molecule has 3 rings (SSSR count). The number of carbonyl (C=O) groups is 2. The number of halogens is 1. The van der Waals surface area contributed by atoms with E-state index in [1.807, 2.05) is 75.4 Å². The molecule has 5 nitrogen and oxygen atoms in total. The summed E-state index contributed by atoms with van der Waals surface area (Å²) in [6.07, 6.45) is 1.26. The lowest BCUT2D eigenvalue weighted by Crippen LogP contribution is -2.51. The highest BCUT2D eigenvalue weighted by atomic mass is 35.5. The summed E-state index contributed by atoms with van der Waals surface area (Å²) in [5.74, 6) is 0.493. The maximum atomic E-state index is 13.6. The van der Waals surface area contributed by atoms with Crippen LogP contribution in [-0.2, 0) is 22.6 Å². The molecule has 6 heteroatoms. The predicted octanol–water partition coefficient (Wildman–Crippen LogP) is 5.97. The van der Waals surface area contributed by atoms with Crippen LogP contribution in [-0.4, -0.2) is 35.4 Å². The van der Waals surface area contributed by atoms with Gasteiger partial charge in [0.05, 0.1) is 6.61 Å². The number of hydrogen-bond donors (Lipinski definition) is 1. The van der Waals surface area contributed by atoms with E-state index in [0.29, 0.717) is 36.8 Å². The highest BCUT2D eigenvalue weighted by Gasteiger charge is 2.30. The van der Waals surface area contributed by atoms with Gasteiger partial charge in [-0.25, -0.2) is 0 Å². The molecule has 2 amide bonds. The van der Waals surface area contributed by atoms with E-state index < -0.39 is 6.04 Å².